The van der Waals surface area contributed by atoms with Gasteiger partial charge in [-0.05, 0) is 37.4 Å². The van der Waals surface area contributed by atoms with Crippen molar-refractivity contribution in [1.82, 2.24) is 10.2 Å². The highest BCUT2D eigenvalue weighted by Gasteiger charge is 2.26. The second-order valence-electron chi connectivity index (χ2n) is 5.46. The monoisotopic (exact) mass is 276 g/mol. The first kappa shape index (κ1) is 15.0. The molecule has 2 N–H and O–H groups in total. The molecular formula is C16H24N2O2. The Labute approximate surface area is 120 Å². The zero-order valence-corrected chi connectivity index (χ0v) is 12.1. The molecule has 110 valence electrons. The lowest BCUT2D eigenvalue weighted by atomic mass is 9.87. The second-order valence-corrected chi connectivity index (χ2v) is 5.46. The van der Waals surface area contributed by atoms with Crippen LogP contribution < -0.4 is 5.32 Å². The normalized spacial score (nSPS) is 18.7. The van der Waals surface area contributed by atoms with Gasteiger partial charge in [0, 0.05) is 20.0 Å². The number of hydrogen-bond acceptors (Lipinski definition) is 3. The van der Waals surface area contributed by atoms with E-state index in [1.54, 1.807) is 7.05 Å². The topological polar surface area (TPSA) is 52.6 Å². The summed E-state index contributed by atoms with van der Waals surface area (Å²) in [5.74, 6) is 0.421. The smallest absolute Gasteiger partial charge is 0.221 e. The van der Waals surface area contributed by atoms with E-state index >= 15 is 0 Å². The van der Waals surface area contributed by atoms with Crippen molar-refractivity contribution in [3.8, 4) is 0 Å². The predicted molar refractivity (Wildman–Crippen MR) is 79.2 cm³/mol. The molecule has 4 heteroatoms. The van der Waals surface area contributed by atoms with Crippen LogP contribution in [0.25, 0.3) is 0 Å². The van der Waals surface area contributed by atoms with Gasteiger partial charge in [-0.2, -0.15) is 0 Å². The Hall–Kier alpha value is -1.39. The zero-order chi connectivity index (χ0) is 14.4. The van der Waals surface area contributed by atoms with Crippen molar-refractivity contribution < 1.29 is 9.90 Å². The van der Waals surface area contributed by atoms with Crippen LogP contribution in [0.2, 0.25) is 0 Å². The van der Waals surface area contributed by atoms with Crippen LogP contribution in [0.3, 0.4) is 0 Å². The Kier molecular flexibility index (Phi) is 5.56. The first-order valence-corrected chi connectivity index (χ1v) is 7.36. The van der Waals surface area contributed by atoms with Gasteiger partial charge in [-0.1, -0.05) is 30.3 Å². The summed E-state index contributed by atoms with van der Waals surface area (Å²) < 4.78 is 0. The quantitative estimate of drug-likeness (QED) is 0.858. The fourth-order valence-corrected chi connectivity index (χ4v) is 2.80. The highest BCUT2D eigenvalue weighted by atomic mass is 16.3. The minimum Gasteiger partial charge on any atom is -0.388 e. The molecule has 1 heterocycles. The van der Waals surface area contributed by atoms with Gasteiger partial charge in [0.05, 0.1) is 6.10 Å². The third-order valence-electron chi connectivity index (χ3n) is 4.15. The molecule has 1 unspecified atom stereocenters. The maximum Gasteiger partial charge on any atom is 0.221 e. The molecule has 0 aliphatic carbocycles. The highest BCUT2D eigenvalue weighted by molar-refractivity contribution is 5.75. The van der Waals surface area contributed by atoms with E-state index in [9.17, 15) is 9.90 Å². The number of piperidine rings is 1. The van der Waals surface area contributed by atoms with E-state index in [1.165, 1.54) is 0 Å². The molecule has 2 rings (SSSR count). The molecule has 20 heavy (non-hydrogen) atoms. The van der Waals surface area contributed by atoms with E-state index in [4.69, 9.17) is 0 Å². The molecular weight excluding hydrogens is 252 g/mol. The minimum absolute atomic E-state index is 0.0939. The van der Waals surface area contributed by atoms with Crippen LogP contribution >= 0.6 is 0 Å². The minimum atomic E-state index is -0.364. The van der Waals surface area contributed by atoms with Gasteiger partial charge in [-0.25, -0.2) is 0 Å². The van der Waals surface area contributed by atoms with Crippen molar-refractivity contribution in [2.75, 3.05) is 26.7 Å². The molecule has 1 aliphatic rings. The predicted octanol–water partition coefficient (Wildman–Crippen LogP) is 1.57. The molecule has 0 spiro atoms. The number of nitrogens with zero attached hydrogens (tertiary/aromatic N) is 1. The van der Waals surface area contributed by atoms with Crippen LogP contribution in [0.5, 0.6) is 0 Å². The molecule has 0 saturated carbocycles. The van der Waals surface area contributed by atoms with Gasteiger partial charge in [-0.15, -0.1) is 0 Å². The maximum absolute atomic E-state index is 11.2. The third kappa shape index (κ3) is 4.05. The molecule has 1 amide bonds. The standard InChI is InChI=1S/C16H24N2O2/c1-17-15(19)9-12-18-10-7-14(8-11-18)16(20)13-5-3-2-4-6-13/h2-6,14,16,20H,7-12H2,1H3,(H,17,19). The molecule has 0 radical (unpaired) electrons. The van der Waals surface area contributed by atoms with Crippen LogP contribution in [-0.4, -0.2) is 42.6 Å². The molecule has 1 fully saturated rings. The van der Waals surface area contributed by atoms with E-state index in [1.807, 2.05) is 30.3 Å². The van der Waals surface area contributed by atoms with E-state index < -0.39 is 0 Å². The number of aliphatic hydroxyl groups is 1. The largest absolute Gasteiger partial charge is 0.388 e. The first-order valence-electron chi connectivity index (χ1n) is 7.36. The number of carbonyl (C=O) groups is 1. The van der Waals surface area contributed by atoms with Gasteiger partial charge in [-0.3, -0.25) is 4.79 Å². The van der Waals surface area contributed by atoms with Crippen LogP contribution in [0.15, 0.2) is 30.3 Å². The van der Waals surface area contributed by atoms with Gasteiger partial charge in [0.1, 0.15) is 0 Å². The van der Waals surface area contributed by atoms with Gasteiger partial charge >= 0.3 is 0 Å². The number of carbonyl (C=O) groups excluding carboxylic acids is 1. The van der Waals surface area contributed by atoms with Crippen molar-refractivity contribution in [3.63, 3.8) is 0 Å². The molecule has 4 nitrogen and oxygen atoms in total. The van der Waals surface area contributed by atoms with Crippen molar-refractivity contribution in [1.29, 1.82) is 0 Å². The molecule has 1 atom stereocenters. The van der Waals surface area contributed by atoms with Gasteiger partial charge in [0.15, 0.2) is 0 Å². The average Bonchev–Trinajstić information content (AvgIpc) is 2.53. The number of hydrogen-bond donors (Lipinski definition) is 2. The summed E-state index contributed by atoms with van der Waals surface area (Å²) in [7, 11) is 1.67. The number of rotatable bonds is 5. The SMILES string of the molecule is CNC(=O)CCN1CCC(C(O)c2ccccc2)CC1. The van der Waals surface area contributed by atoms with Crippen LogP contribution in [-0.2, 0) is 4.79 Å². The third-order valence-corrected chi connectivity index (χ3v) is 4.15. The lowest BCUT2D eigenvalue weighted by Crippen LogP contribution is -2.37. The summed E-state index contributed by atoms with van der Waals surface area (Å²) in [6.07, 6.45) is 2.17. The number of likely N-dealkylation sites (tertiary alicyclic amines) is 1. The van der Waals surface area contributed by atoms with Crippen LogP contribution in [0, 0.1) is 5.92 Å². The number of amides is 1. The van der Waals surface area contributed by atoms with Crippen molar-refractivity contribution in [2.45, 2.75) is 25.4 Å². The Morgan fingerprint density at radius 1 is 1.35 bits per heavy atom. The number of aliphatic hydroxyl groups excluding tert-OH is 1. The summed E-state index contributed by atoms with van der Waals surface area (Å²) in [4.78, 5) is 13.5. The summed E-state index contributed by atoms with van der Waals surface area (Å²) in [6, 6.07) is 9.89. The van der Waals surface area contributed by atoms with Crippen molar-refractivity contribution in [2.24, 2.45) is 5.92 Å². The van der Waals surface area contributed by atoms with E-state index in [-0.39, 0.29) is 12.0 Å². The Morgan fingerprint density at radius 2 is 2.00 bits per heavy atom. The van der Waals surface area contributed by atoms with Gasteiger partial charge in [0.25, 0.3) is 0 Å². The molecule has 1 aromatic carbocycles. The maximum atomic E-state index is 11.2. The summed E-state index contributed by atoms with van der Waals surface area (Å²) in [5, 5.41) is 13.1. The molecule has 1 saturated heterocycles. The summed E-state index contributed by atoms with van der Waals surface area (Å²) in [6.45, 7) is 2.74. The molecule has 0 bridgehead atoms. The average molecular weight is 276 g/mol. The zero-order valence-electron chi connectivity index (χ0n) is 12.1. The second kappa shape index (κ2) is 7.41. The van der Waals surface area contributed by atoms with E-state index in [2.05, 4.69) is 10.2 Å². The van der Waals surface area contributed by atoms with Gasteiger partial charge in [0.2, 0.25) is 5.91 Å². The Bertz CT molecular complexity index is 414. The van der Waals surface area contributed by atoms with Gasteiger partial charge < -0.3 is 15.3 Å². The molecule has 1 aromatic rings. The van der Waals surface area contributed by atoms with Crippen molar-refractivity contribution >= 4 is 5.91 Å². The molecule has 1 aliphatic heterocycles. The van der Waals surface area contributed by atoms with Crippen LogP contribution in [0.4, 0.5) is 0 Å². The fraction of sp³-hybridized carbons (Fsp3) is 0.562. The summed E-state index contributed by atoms with van der Waals surface area (Å²) in [5.41, 5.74) is 1.01. The number of nitrogens with one attached hydrogen (secondary N) is 1. The summed E-state index contributed by atoms with van der Waals surface area (Å²) >= 11 is 0. The first-order chi connectivity index (χ1) is 9.70. The van der Waals surface area contributed by atoms with Crippen LogP contribution in [0.1, 0.15) is 30.9 Å². The molecule has 0 aromatic heterocycles. The number of benzene rings is 1. The highest BCUT2D eigenvalue weighted by Crippen LogP contribution is 2.30. The van der Waals surface area contributed by atoms with E-state index in [0.29, 0.717) is 12.3 Å². The fourth-order valence-electron chi connectivity index (χ4n) is 2.80. The lowest BCUT2D eigenvalue weighted by Gasteiger charge is -2.34. The lowest BCUT2D eigenvalue weighted by molar-refractivity contribution is -0.121. The Balaban J connectivity index is 1.78. The van der Waals surface area contributed by atoms with E-state index in [0.717, 1.165) is 38.0 Å². The Morgan fingerprint density at radius 3 is 2.60 bits per heavy atom. The van der Waals surface area contributed by atoms with Crippen molar-refractivity contribution in [3.05, 3.63) is 35.9 Å².